The lowest BCUT2D eigenvalue weighted by atomic mass is 9.74. The fraction of sp³-hybridized carbons (Fsp3) is 0.368. The number of aryl methyl sites for hydroxylation is 1. The zero-order valence-electron chi connectivity index (χ0n) is 14.3. The van der Waals surface area contributed by atoms with Gasteiger partial charge in [-0.25, -0.2) is 0 Å². The van der Waals surface area contributed by atoms with E-state index < -0.39 is 11.5 Å². The molecule has 1 amide bonds. The predicted molar refractivity (Wildman–Crippen MR) is 97.3 cm³/mol. The Morgan fingerprint density at radius 2 is 1.96 bits per heavy atom. The molecular formula is C19H21NO4S. The molecule has 0 aliphatic heterocycles. The number of methoxy groups -OCH3 is 1. The van der Waals surface area contributed by atoms with Crippen LogP contribution in [0.4, 0.5) is 0 Å². The van der Waals surface area contributed by atoms with E-state index in [1.54, 1.807) is 7.11 Å². The summed E-state index contributed by atoms with van der Waals surface area (Å²) in [5, 5.41) is 12.0. The number of amides is 1. The van der Waals surface area contributed by atoms with E-state index in [4.69, 9.17) is 9.84 Å². The van der Waals surface area contributed by atoms with Crippen LogP contribution < -0.4 is 10.1 Å². The van der Waals surface area contributed by atoms with Gasteiger partial charge in [-0.15, -0.1) is 11.3 Å². The second-order valence-electron chi connectivity index (χ2n) is 6.47. The van der Waals surface area contributed by atoms with Crippen LogP contribution in [-0.2, 0) is 4.79 Å². The number of carbonyl (C=O) groups excluding carboxylic acids is 1. The number of carboxylic acids is 1. The van der Waals surface area contributed by atoms with Crippen molar-refractivity contribution in [3.8, 4) is 16.9 Å². The van der Waals surface area contributed by atoms with Crippen LogP contribution in [0.25, 0.3) is 11.1 Å². The molecule has 5 nitrogen and oxygen atoms in total. The topological polar surface area (TPSA) is 75.6 Å². The molecular weight excluding hydrogens is 338 g/mol. The second kappa shape index (κ2) is 6.88. The van der Waals surface area contributed by atoms with Gasteiger partial charge < -0.3 is 15.2 Å². The van der Waals surface area contributed by atoms with Crippen LogP contribution in [0.1, 0.15) is 40.2 Å². The summed E-state index contributed by atoms with van der Waals surface area (Å²) in [6.45, 7) is 1.98. The molecule has 0 saturated heterocycles. The van der Waals surface area contributed by atoms with Gasteiger partial charge in [-0.3, -0.25) is 9.59 Å². The van der Waals surface area contributed by atoms with Gasteiger partial charge in [0.15, 0.2) is 0 Å². The number of hydrogen-bond acceptors (Lipinski definition) is 4. The van der Waals surface area contributed by atoms with Crippen molar-refractivity contribution < 1.29 is 19.4 Å². The lowest BCUT2D eigenvalue weighted by Crippen LogP contribution is -2.54. The third kappa shape index (κ3) is 3.69. The van der Waals surface area contributed by atoms with Crippen molar-refractivity contribution in [1.29, 1.82) is 0 Å². The summed E-state index contributed by atoms with van der Waals surface area (Å²) in [4.78, 5) is 25.3. The van der Waals surface area contributed by atoms with E-state index in [-0.39, 0.29) is 12.3 Å². The van der Waals surface area contributed by atoms with E-state index in [2.05, 4.69) is 5.32 Å². The minimum Gasteiger partial charge on any atom is -0.497 e. The first-order chi connectivity index (χ1) is 11.9. The molecule has 0 bridgehead atoms. The molecule has 2 aromatic rings. The summed E-state index contributed by atoms with van der Waals surface area (Å²) in [6, 6.07) is 9.59. The van der Waals surface area contributed by atoms with Crippen molar-refractivity contribution in [3.63, 3.8) is 0 Å². The Labute approximate surface area is 150 Å². The molecule has 6 heteroatoms. The summed E-state index contributed by atoms with van der Waals surface area (Å²) < 4.78 is 5.17. The number of nitrogens with one attached hydrogen (secondary N) is 1. The Morgan fingerprint density at radius 3 is 2.48 bits per heavy atom. The van der Waals surface area contributed by atoms with E-state index in [9.17, 15) is 9.59 Å². The smallest absolute Gasteiger partial charge is 0.305 e. The summed E-state index contributed by atoms with van der Waals surface area (Å²) in [5.74, 6) is -0.273. The number of thiophene rings is 1. The number of hydrogen-bond donors (Lipinski definition) is 2. The lowest BCUT2D eigenvalue weighted by Gasteiger charge is -2.41. The van der Waals surface area contributed by atoms with E-state index in [1.165, 1.54) is 11.3 Å². The van der Waals surface area contributed by atoms with Gasteiger partial charge in [0, 0.05) is 4.88 Å². The van der Waals surface area contributed by atoms with Crippen molar-refractivity contribution in [3.05, 3.63) is 40.1 Å². The maximum Gasteiger partial charge on any atom is 0.305 e. The van der Waals surface area contributed by atoms with Gasteiger partial charge >= 0.3 is 5.97 Å². The van der Waals surface area contributed by atoms with Gasteiger partial charge in [0.2, 0.25) is 0 Å². The molecule has 1 aromatic heterocycles. The monoisotopic (exact) mass is 359 g/mol. The Balaban J connectivity index is 1.79. The molecule has 0 atom stereocenters. The van der Waals surface area contributed by atoms with Gasteiger partial charge in [0.25, 0.3) is 5.91 Å². The molecule has 1 saturated carbocycles. The van der Waals surface area contributed by atoms with Crippen LogP contribution in [0.5, 0.6) is 5.75 Å². The Morgan fingerprint density at radius 1 is 1.28 bits per heavy atom. The Kier molecular flexibility index (Phi) is 4.81. The van der Waals surface area contributed by atoms with Crippen molar-refractivity contribution in [2.45, 2.75) is 38.1 Å². The largest absolute Gasteiger partial charge is 0.497 e. The average Bonchev–Trinajstić information content (AvgIpc) is 2.94. The number of ether oxygens (including phenoxy) is 1. The van der Waals surface area contributed by atoms with Crippen LogP contribution in [0.15, 0.2) is 30.3 Å². The van der Waals surface area contributed by atoms with Crippen LogP contribution in [-0.4, -0.2) is 29.6 Å². The third-order valence-electron chi connectivity index (χ3n) is 4.72. The van der Waals surface area contributed by atoms with Gasteiger partial charge in [-0.1, -0.05) is 12.1 Å². The van der Waals surface area contributed by atoms with Crippen LogP contribution in [0.2, 0.25) is 0 Å². The number of aliphatic carboxylic acids is 1. The van der Waals surface area contributed by atoms with Crippen molar-refractivity contribution in [2.75, 3.05) is 7.11 Å². The zero-order valence-corrected chi connectivity index (χ0v) is 15.1. The summed E-state index contributed by atoms with van der Waals surface area (Å²) in [7, 11) is 1.63. The van der Waals surface area contributed by atoms with Gasteiger partial charge in [0.1, 0.15) is 5.75 Å². The van der Waals surface area contributed by atoms with Crippen molar-refractivity contribution in [1.82, 2.24) is 5.32 Å². The Bertz CT molecular complexity index is 790. The molecule has 3 rings (SSSR count). The van der Waals surface area contributed by atoms with E-state index >= 15 is 0 Å². The normalized spacial score (nSPS) is 15.3. The molecule has 25 heavy (non-hydrogen) atoms. The standard InChI is InChI=1S/C19H21NO4S/c1-12-15(13-4-6-14(24-2)7-5-13)10-16(25-12)18(23)20-19(8-3-9-19)11-17(21)22/h4-7,10H,3,8-9,11H2,1-2H3,(H,20,23)(H,21,22). The van der Waals surface area contributed by atoms with Gasteiger partial charge in [-0.05, 0) is 55.5 Å². The first-order valence-corrected chi connectivity index (χ1v) is 9.03. The maximum absolute atomic E-state index is 12.6. The highest BCUT2D eigenvalue weighted by atomic mass is 32.1. The zero-order chi connectivity index (χ0) is 18.0. The molecule has 0 radical (unpaired) electrons. The van der Waals surface area contributed by atoms with Crippen LogP contribution in [0.3, 0.4) is 0 Å². The first kappa shape index (κ1) is 17.5. The quantitative estimate of drug-likeness (QED) is 0.821. The van der Waals surface area contributed by atoms with Crippen molar-refractivity contribution in [2.24, 2.45) is 0 Å². The molecule has 1 aliphatic carbocycles. The van der Waals surface area contributed by atoms with E-state index in [1.807, 2.05) is 37.3 Å². The second-order valence-corrected chi connectivity index (χ2v) is 7.72. The average molecular weight is 359 g/mol. The predicted octanol–water partition coefficient (Wildman–Crippen LogP) is 3.86. The number of carboxylic acid groups (broad SMARTS) is 1. The highest BCUT2D eigenvalue weighted by Gasteiger charge is 2.40. The van der Waals surface area contributed by atoms with Crippen molar-refractivity contribution >= 4 is 23.2 Å². The van der Waals surface area contributed by atoms with Crippen LogP contribution in [0, 0.1) is 6.92 Å². The number of benzene rings is 1. The molecule has 1 heterocycles. The van der Waals surface area contributed by atoms with Crippen LogP contribution >= 0.6 is 11.3 Å². The number of rotatable bonds is 6. The highest BCUT2D eigenvalue weighted by Crippen LogP contribution is 2.37. The lowest BCUT2D eigenvalue weighted by molar-refractivity contribution is -0.139. The fourth-order valence-electron chi connectivity index (χ4n) is 3.19. The van der Waals surface area contributed by atoms with E-state index in [0.29, 0.717) is 4.88 Å². The molecule has 1 aromatic carbocycles. The minimum atomic E-state index is -0.874. The summed E-state index contributed by atoms with van der Waals surface area (Å²) >= 11 is 1.43. The minimum absolute atomic E-state index is 0.0194. The molecule has 1 fully saturated rings. The van der Waals surface area contributed by atoms with Gasteiger partial charge in [-0.2, -0.15) is 0 Å². The summed E-state index contributed by atoms with van der Waals surface area (Å²) in [6.07, 6.45) is 2.38. The number of carbonyl (C=O) groups is 2. The highest BCUT2D eigenvalue weighted by molar-refractivity contribution is 7.14. The molecule has 0 spiro atoms. The fourth-order valence-corrected chi connectivity index (χ4v) is 4.13. The van der Waals surface area contributed by atoms with Gasteiger partial charge in [0.05, 0.1) is 23.9 Å². The molecule has 1 aliphatic rings. The first-order valence-electron chi connectivity index (χ1n) is 8.22. The van der Waals surface area contributed by atoms with E-state index in [0.717, 1.165) is 41.0 Å². The summed E-state index contributed by atoms with van der Waals surface area (Å²) in [5.41, 5.74) is 1.46. The molecule has 132 valence electrons. The maximum atomic E-state index is 12.6. The SMILES string of the molecule is COc1ccc(-c2cc(C(=O)NC3(CC(=O)O)CCC3)sc2C)cc1. The third-order valence-corrected chi connectivity index (χ3v) is 5.77. The molecule has 2 N–H and O–H groups in total. The molecule has 0 unspecified atom stereocenters. The Hall–Kier alpha value is -2.34.